The van der Waals surface area contributed by atoms with Crippen LogP contribution in [-0.2, 0) is 23.1 Å². The first-order valence-corrected chi connectivity index (χ1v) is 11.6. The summed E-state index contributed by atoms with van der Waals surface area (Å²) < 4.78 is 29.8. The number of phenolic OH excluding ortho intramolecular Hbond substituents is 1. The molecular formula is C20H33N3O3S. The maximum Gasteiger partial charge on any atom is 0.279 e. The van der Waals surface area contributed by atoms with Gasteiger partial charge in [-0.3, -0.25) is 4.90 Å². The topological polar surface area (TPSA) is 72.9 Å². The zero-order valence-corrected chi connectivity index (χ0v) is 17.5. The molecule has 1 aromatic rings. The van der Waals surface area contributed by atoms with E-state index in [1.807, 2.05) is 19.9 Å². The zero-order chi connectivity index (χ0) is 19.6. The largest absolute Gasteiger partial charge is 0.508 e. The van der Waals surface area contributed by atoms with Crippen molar-refractivity contribution in [2.45, 2.75) is 58.5 Å². The Morgan fingerprint density at radius 2 is 1.96 bits per heavy atom. The van der Waals surface area contributed by atoms with Gasteiger partial charge in [-0.1, -0.05) is 32.9 Å². The van der Waals surface area contributed by atoms with E-state index in [9.17, 15) is 13.5 Å². The van der Waals surface area contributed by atoms with Gasteiger partial charge in [0.2, 0.25) is 0 Å². The number of nitrogens with zero attached hydrogens (tertiary/aromatic N) is 2. The minimum atomic E-state index is -3.46. The van der Waals surface area contributed by atoms with Crippen LogP contribution >= 0.6 is 0 Å². The molecule has 3 atom stereocenters. The average molecular weight is 396 g/mol. The number of hydrogen-bond donors (Lipinski definition) is 2. The van der Waals surface area contributed by atoms with E-state index in [0.717, 1.165) is 44.3 Å². The molecule has 7 heteroatoms. The van der Waals surface area contributed by atoms with Crippen LogP contribution in [0, 0.1) is 5.92 Å². The van der Waals surface area contributed by atoms with E-state index in [1.54, 1.807) is 6.07 Å². The number of nitrogens with one attached hydrogen (secondary N) is 1. The third kappa shape index (κ3) is 4.31. The average Bonchev–Trinajstić information content (AvgIpc) is 2.62. The minimum absolute atomic E-state index is 0.0872. The lowest BCUT2D eigenvalue weighted by Gasteiger charge is -2.47. The van der Waals surface area contributed by atoms with E-state index in [-0.39, 0.29) is 6.04 Å². The van der Waals surface area contributed by atoms with E-state index in [0.29, 0.717) is 30.8 Å². The van der Waals surface area contributed by atoms with Gasteiger partial charge in [0.25, 0.3) is 10.2 Å². The molecule has 0 amide bonds. The maximum absolute atomic E-state index is 12.7. The summed E-state index contributed by atoms with van der Waals surface area (Å²) >= 11 is 0. The van der Waals surface area contributed by atoms with Gasteiger partial charge in [0.1, 0.15) is 5.75 Å². The second-order valence-corrected chi connectivity index (χ2v) is 9.49. The molecule has 2 aliphatic rings. The lowest BCUT2D eigenvalue weighted by Crippen LogP contribution is -2.59. The summed E-state index contributed by atoms with van der Waals surface area (Å²) in [6, 6.07) is 6.13. The van der Waals surface area contributed by atoms with Gasteiger partial charge < -0.3 is 5.11 Å². The molecule has 0 unspecified atom stereocenters. The highest BCUT2D eigenvalue weighted by Crippen LogP contribution is 2.38. The second-order valence-electron chi connectivity index (χ2n) is 7.79. The highest BCUT2D eigenvalue weighted by Gasteiger charge is 2.40. The summed E-state index contributed by atoms with van der Waals surface area (Å²) in [5, 5.41) is 10.3. The van der Waals surface area contributed by atoms with Crippen molar-refractivity contribution in [3.63, 3.8) is 0 Å². The van der Waals surface area contributed by atoms with Gasteiger partial charge in [-0.15, -0.1) is 0 Å². The number of benzene rings is 1. The number of hydrogen-bond acceptors (Lipinski definition) is 4. The number of fused-ring (bicyclic) bond motifs is 2. The Morgan fingerprint density at radius 3 is 2.63 bits per heavy atom. The predicted molar refractivity (Wildman–Crippen MR) is 108 cm³/mol. The first-order valence-electron chi connectivity index (χ1n) is 10.2. The number of likely N-dealkylation sites (tertiary alicyclic amines) is 1. The van der Waals surface area contributed by atoms with Crippen molar-refractivity contribution in [2.75, 3.05) is 26.2 Å². The Morgan fingerprint density at radius 1 is 1.22 bits per heavy atom. The second kappa shape index (κ2) is 8.47. The van der Waals surface area contributed by atoms with Gasteiger partial charge in [-0.2, -0.15) is 17.4 Å². The van der Waals surface area contributed by atoms with Gasteiger partial charge in [0.05, 0.1) is 0 Å². The Hall–Kier alpha value is -1.15. The van der Waals surface area contributed by atoms with E-state index >= 15 is 0 Å². The highest BCUT2D eigenvalue weighted by atomic mass is 32.2. The summed E-state index contributed by atoms with van der Waals surface area (Å²) in [7, 11) is -3.46. The molecule has 0 radical (unpaired) electrons. The Balaban J connectivity index is 1.81. The lowest BCUT2D eigenvalue weighted by molar-refractivity contribution is 0.0679. The molecule has 3 rings (SSSR count). The Labute approximate surface area is 163 Å². The zero-order valence-electron chi connectivity index (χ0n) is 16.7. The SMILES string of the molecule is CCCN1C[C@@H](NS(=O)(=O)N(CC)CC)C[C@@H]2Cc3c(O)cccc3C[C@H]21. The molecule has 1 aromatic carbocycles. The molecular weight excluding hydrogens is 362 g/mol. The van der Waals surface area contributed by atoms with Crippen LogP contribution in [0.1, 0.15) is 44.7 Å². The summed E-state index contributed by atoms with van der Waals surface area (Å²) in [4.78, 5) is 2.45. The number of phenols is 1. The summed E-state index contributed by atoms with van der Waals surface area (Å²) in [5.41, 5.74) is 2.28. The van der Waals surface area contributed by atoms with Crippen molar-refractivity contribution in [2.24, 2.45) is 5.92 Å². The molecule has 1 aliphatic carbocycles. The van der Waals surface area contributed by atoms with Crippen LogP contribution in [0.15, 0.2) is 18.2 Å². The van der Waals surface area contributed by atoms with Crippen molar-refractivity contribution in [1.82, 2.24) is 13.9 Å². The number of aromatic hydroxyl groups is 1. The van der Waals surface area contributed by atoms with E-state index in [2.05, 4.69) is 22.6 Å². The van der Waals surface area contributed by atoms with Gasteiger partial charge in [-0.25, -0.2) is 0 Å². The molecule has 6 nitrogen and oxygen atoms in total. The highest BCUT2D eigenvalue weighted by molar-refractivity contribution is 7.87. The van der Waals surface area contributed by atoms with Crippen molar-refractivity contribution >= 4 is 10.2 Å². The molecule has 27 heavy (non-hydrogen) atoms. The maximum atomic E-state index is 12.7. The molecule has 0 spiro atoms. The first-order chi connectivity index (χ1) is 12.9. The Kier molecular flexibility index (Phi) is 6.46. The molecule has 1 heterocycles. The molecule has 1 aliphatic heterocycles. The van der Waals surface area contributed by atoms with Crippen LogP contribution < -0.4 is 4.72 Å². The fourth-order valence-corrected chi connectivity index (χ4v) is 6.26. The minimum Gasteiger partial charge on any atom is -0.508 e. The fraction of sp³-hybridized carbons (Fsp3) is 0.700. The van der Waals surface area contributed by atoms with Crippen LogP contribution in [0.5, 0.6) is 5.75 Å². The predicted octanol–water partition coefficient (Wildman–Crippen LogP) is 2.14. The monoisotopic (exact) mass is 395 g/mol. The third-order valence-corrected chi connectivity index (χ3v) is 7.90. The molecule has 0 saturated carbocycles. The fourth-order valence-electron chi connectivity index (χ4n) is 4.84. The lowest BCUT2D eigenvalue weighted by atomic mass is 9.74. The first kappa shape index (κ1) is 20.6. The van der Waals surface area contributed by atoms with Crippen LogP contribution in [0.3, 0.4) is 0 Å². The quantitative estimate of drug-likeness (QED) is 0.742. The van der Waals surface area contributed by atoms with Crippen LogP contribution in [0.2, 0.25) is 0 Å². The van der Waals surface area contributed by atoms with Gasteiger partial charge in [-0.05, 0) is 55.3 Å². The van der Waals surface area contributed by atoms with E-state index in [4.69, 9.17) is 0 Å². The number of rotatable bonds is 7. The Bertz CT molecular complexity index is 749. The summed E-state index contributed by atoms with van der Waals surface area (Å²) in [6.07, 6.45) is 3.62. The molecule has 1 saturated heterocycles. The molecule has 2 N–H and O–H groups in total. The molecule has 0 bridgehead atoms. The third-order valence-electron chi connectivity index (χ3n) is 6.07. The van der Waals surface area contributed by atoms with Gasteiger partial charge >= 0.3 is 0 Å². The normalized spacial score (nSPS) is 26.0. The molecule has 0 aromatic heterocycles. The van der Waals surface area contributed by atoms with Crippen molar-refractivity contribution < 1.29 is 13.5 Å². The molecule has 1 fully saturated rings. The summed E-state index contributed by atoms with van der Waals surface area (Å²) in [6.45, 7) is 8.58. The smallest absolute Gasteiger partial charge is 0.279 e. The standard InChI is InChI=1S/C20H33N3O3S/c1-4-10-22-14-17(21-27(25,26)23(5-2)6-3)11-16-12-18-15(13-19(16)22)8-7-9-20(18)24/h7-9,16-17,19,21,24H,4-6,10-14H2,1-3H3/t16-,17+,19-/m1/s1. The molecule has 152 valence electrons. The van der Waals surface area contributed by atoms with Crippen LogP contribution in [-0.4, -0.2) is 61.0 Å². The van der Waals surface area contributed by atoms with Crippen LogP contribution in [0.25, 0.3) is 0 Å². The van der Waals surface area contributed by atoms with Gasteiger partial charge in [0.15, 0.2) is 0 Å². The van der Waals surface area contributed by atoms with Crippen molar-refractivity contribution in [3.8, 4) is 5.75 Å². The summed E-state index contributed by atoms with van der Waals surface area (Å²) in [5.74, 6) is 0.731. The van der Waals surface area contributed by atoms with Gasteiger partial charge in [0, 0.05) is 31.7 Å². The van der Waals surface area contributed by atoms with Crippen molar-refractivity contribution in [1.29, 1.82) is 0 Å². The number of piperidine rings is 1. The van der Waals surface area contributed by atoms with Crippen LogP contribution in [0.4, 0.5) is 0 Å². The van der Waals surface area contributed by atoms with E-state index < -0.39 is 10.2 Å². The van der Waals surface area contributed by atoms with E-state index in [1.165, 1.54) is 9.87 Å². The van der Waals surface area contributed by atoms with Crippen molar-refractivity contribution in [3.05, 3.63) is 29.3 Å².